The van der Waals surface area contributed by atoms with Gasteiger partial charge in [-0.1, -0.05) is 78.9 Å². The van der Waals surface area contributed by atoms with Crippen LogP contribution in [-0.4, -0.2) is 6.71 Å². The molecule has 0 saturated heterocycles. The molecule has 0 saturated carbocycles. The van der Waals surface area contributed by atoms with Gasteiger partial charge in [0.2, 0.25) is 0 Å². The van der Waals surface area contributed by atoms with Gasteiger partial charge in [-0.05, 0) is 58.5 Å². The lowest BCUT2D eigenvalue weighted by Crippen LogP contribution is -2.57. The molecule has 4 heteroatoms. The van der Waals surface area contributed by atoms with E-state index in [0.717, 1.165) is 50.5 Å². The molecule has 2 aliphatic rings. The molecular weight excluding hydrogens is 419 g/mol. The zero-order valence-electron chi connectivity index (χ0n) is 18.3. The van der Waals surface area contributed by atoms with E-state index in [0.29, 0.717) is 11.5 Å². The minimum atomic E-state index is 0.0269. The Morgan fingerprint density at radius 1 is 0.529 bits per heavy atom. The van der Waals surface area contributed by atoms with E-state index >= 15 is 0 Å². The van der Waals surface area contributed by atoms with Gasteiger partial charge in [-0.2, -0.15) is 0 Å². The molecule has 160 valence electrons. The van der Waals surface area contributed by atoms with Gasteiger partial charge in [0.05, 0.1) is 0 Å². The summed E-state index contributed by atoms with van der Waals surface area (Å²) in [6.45, 7) is 0.0269. The standard InChI is InChI=1S/C30H19BO3/c1-2-9-20(10-3-1)21-11-8-12-22(19-21)32-28-18-17-27-29-30(28)34-26-16-7-5-14-24(26)31(29)23-13-4-6-15-25(23)33-27/h1-19H. The molecule has 5 aromatic carbocycles. The Bertz CT molecular complexity index is 1530. The Balaban J connectivity index is 1.35. The van der Waals surface area contributed by atoms with E-state index < -0.39 is 0 Å². The molecule has 0 spiro atoms. The molecule has 0 N–H and O–H groups in total. The van der Waals surface area contributed by atoms with Crippen LogP contribution in [0.15, 0.2) is 115 Å². The fourth-order valence-corrected chi connectivity index (χ4v) is 4.94. The van der Waals surface area contributed by atoms with Gasteiger partial charge in [0.25, 0.3) is 6.71 Å². The Morgan fingerprint density at radius 2 is 1.21 bits per heavy atom. The number of rotatable bonds is 3. The maximum absolute atomic E-state index is 6.45. The van der Waals surface area contributed by atoms with E-state index in [1.807, 2.05) is 66.7 Å². The number of hydrogen-bond donors (Lipinski definition) is 0. The lowest BCUT2D eigenvalue weighted by molar-refractivity contribution is 0.415. The Hall–Kier alpha value is -4.44. The molecule has 0 unspecified atom stereocenters. The van der Waals surface area contributed by atoms with Crippen LogP contribution in [0.1, 0.15) is 0 Å². The molecule has 34 heavy (non-hydrogen) atoms. The zero-order chi connectivity index (χ0) is 22.5. The highest BCUT2D eigenvalue weighted by Crippen LogP contribution is 2.41. The quantitative estimate of drug-likeness (QED) is 0.323. The van der Waals surface area contributed by atoms with Crippen molar-refractivity contribution < 1.29 is 14.2 Å². The van der Waals surface area contributed by atoms with Crippen molar-refractivity contribution in [3.8, 4) is 45.6 Å². The van der Waals surface area contributed by atoms with Gasteiger partial charge in [-0.25, -0.2) is 0 Å². The Morgan fingerprint density at radius 3 is 2.00 bits per heavy atom. The number of hydrogen-bond acceptors (Lipinski definition) is 3. The average Bonchev–Trinajstić information content (AvgIpc) is 2.90. The molecule has 0 radical (unpaired) electrons. The molecule has 0 amide bonds. The summed E-state index contributed by atoms with van der Waals surface area (Å²) in [4.78, 5) is 0. The van der Waals surface area contributed by atoms with E-state index in [1.54, 1.807) is 0 Å². The zero-order valence-corrected chi connectivity index (χ0v) is 18.3. The molecule has 2 aliphatic heterocycles. The molecular formula is C30H19BO3. The SMILES string of the molecule is c1ccc(-c2cccc(Oc3ccc4c5c3Oc3ccccc3B5c3ccccc3O4)c2)cc1. The summed E-state index contributed by atoms with van der Waals surface area (Å²) in [6.07, 6.45) is 0. The van der Waals surface area contributed by atoms with Crippen molar-refractivity contribution in [2.75, 3.05) is 0 Å². The summed E-state index contributed by atoms with van der Waals surface area (Å²) in [5.41, 5.74) is 5.53. The number of benzene rings is 5. The summed E-state index contributed by atoms with van der Waals surface area (Å²) in [6, 6.07) is 38.8. The second-order valence-corrected chi connectivity index (χ2v) is 8.51. The van der Waals surface area contributed by atoms with Gasteiger partial charge in [0.15, 0.2) is 11.5 Å². The average molecular weight is 438 g/mol. The molecule has 2 heterocycles. The highest BCUT2D eigenvalue weighted by molar-refractivity contribution is 6.98. The molecule has 7 rings (SSSR count). The van der Waals surface area contributed by atoms with Gasteiger partial charge in [-0.15, -0.1) is 0 Å². The first-order valence-corrected chi connectivity index (χ1v) is 11.4. The normalized spacial score (nSPS) is 12.5. The maximum atomic E-state index is 6.45. The topological polar surface area (TPSA) is 27.7 Å². The second-order valence-electron chi connectivity index (χ2n) is 8.51. The predicted octanol–water partition coefficient (Wildman–Crippen LogP) is 5.87. The lowest BCUT2D eigenvalue weighted by atomic mass is 9.35. The van der Waals surface area contributed by atoms with Crippen LogP contribution in [0.2, 0.25) is 0 Å². The van der Waals surface area contributed by atoms with Crippen LogP contribution in [0, 0.1) is 0 Å². The monoisotopic (exact) mass is 438 g/mol. The maximum Gasteiger partial charge on any atom is 0.260 e. The third-order valence-corrected chi connectivity index (χ3v) is 6.47. The van der Waals surface area contributed by atoms with Crippen molar-refractivity contribution in [2.45, 2.75) is 0 Å². The van der Waals surface area contributed by atoms with Gasteiger partial charge in [0, 0.05) is 5.46 Å². The Labute approximate surface area is 198 Å². The first-order chi connectivity index (χ1) is 16.8. The minimum Gasteiger partial charge on any atom is -0.458 e. The fraction of sp³-hybridized carbons (Fsp3) is 0. The smallest absolute Gasteiger partial charge is 0.260 e. The predicted molar refractivity (Wildman–Crippen MR) is 136 cm³/mol. The summed E-state index contributed by atoms with van der Waals surface area (Å²) >= 11 is 0. The van der Waals surface area contributed by atoms with Crippen LogP contribution in [0.4, 0.5) is 0 Å². The van der Waals surface area contributed by atoms with Crippen LogP contribution < -0.4 is 30.6 Å². The minimum absolute atomic E-state index is 0.0269. The molecule has 3 nitrogen and oxygen atoms in total. The van der Waals surface area contributed by atoms with Crippen molar-refractivity contribution >= 4 is 23.1 Å². The van der Waals surface area contributed by atoms with Crippen LogP contribution in [0.25, 0.3) is 11.1 Å². The van der Waals surface area contributed by atoms with Gasteiger partial charge in [-0.3, -0.25) is 0 Å². The van der Waals surface area contributed by atoms with Crippen LogP contribution >= 0.6 is 0 Å². The molecule has 0 atom stereocenters. The van der Waals surface area contributed by atoms with E-state index in [2.05, 4.69) is 48.5 Å². The van der Waals surface area contributed by atoms with Crippen molar-refractivity contribution in [2.24, 2.45) is 0 Å². The van der Waals surface area contributed by atoms with Crippen LogP contribution in [0.3, 0.4) is 0 Å². The summed E-state index contributed by atoms with van der Waals surface area (Å²) < 4.78 is 19.2. The summed E-state index contributed by atoms with van der Waals surface area (Å²) in [5, 5.41) is 0. The molecule has 5 aromatic rings. The largest absolute Gasteiger partial charge is 0.458 e. The van der Waals surface area contributed by atoms with Crippen LogP contribution in [-0.2, 0) is 0 Å². The van der Waals surface area contributed by atoms with Crippen LogP contribution in [0.5, 0.6) is 34.5 Å². The fourth-order valence-electron chi connectivity index (χ4n) is 4.94. The highest BCUT2D eigenvalue weighted by Gasteiger charge is 2.41. The van der Waals surface area contributed by atoms with Gasteiger partial charge in [0.1, 0.15) is 23.0 Å². The molecule has 0 aliphatic carbocycles. The number of fused-ring (bicyclic) bond motifs is 4. The van der Waals surface area contributed by atoms with Gasteiger partial charge >= 0.3 is 0 Å². The van der Waals surface area contributed by atoms with Crippen molar-refractivity contribution in [3.63, 3.8) is 0 Å². The molecule has 0 bridgehead atoms. The first kappa shape index (κ1) is 19.1. The van der Waals surface area contributed by atoms with Crippen molar-refractivity contribution in [1.82, 2.24) is 0 Å². The van der Waals surface area contributed by atoms with E-state index in [9.17, 15) is 0 Å². The first-order valence-electron chi connectivity index (χ1n) is 11.4. The van der Waals surface area contributed by atoms with Crippen molar-refractivity contribution in [3.05, 3.63) is 115 Å². The Kier molecular flexibility index (Phi) is 4.24. The van der Waals surface area contributed by atoms with E-state index in [1.165, 1.54) is 0 Å². The summed E-state index contributed by atoms with van der Waals surface area (Å²) in [5.74, 6) is 4.67. The summed E-state index contributed by atoms with van der Waals surface area (Å²) in [7, 11) is 0. The molecule has 0 aromatic heterocycles. The second kappa shape index (κ2) is 7.56. The highest BCUT2D eigenvalue weighted by atomic mass is 16.5. The van der Waals surface area contributed by atoms with E-state index in [-0.39, 0.29) is 6.71 Å². The molecule has 0 fully saturated rings. The third kappa shape index (κ3) is 3.00. The van der Waals surface area contributed by atoms with Gasteiger partial charge < -0.3 is 14.2 Å². The third-order valence-electron chi connectivity index (χ3n) is 6.47. The van der Waals surface area contributed by atoms with Crippen molar-refractivity contribution in [1.29, 1.82) is 0 Å². The lowest BCUT2D eigenvalue weighted by Gasteiger charge is -2.33. The number of ether oxygens (including phenoxy) is 3. The number of para-hydroxylation sites is 2. The van der Waals surface area contributed by atoms with E-state index in [4.69, 9.17) is 14.2 Å².